The third kappa shape index (κ3) is 4.48. The van der Waals surface area contributed by atoms with Crippen molar-refractivity contribution in [3.05, 3.63) is 34.9 Å². The third-order valence-corrected chi connectivity index (χ3v) is 4.46. The van der Waals surface area contributed by atoms with E-state index in [-0.39, 0.29) is 0 Å². The molecule has 1 aliphatic rings. The van der Waals surface area contributed by atoms with Crippen LogP contribution in [0.25, 0.3) is 0 Å². The second-order valence-corrected chi connectivity index (χ2v) is 6.15. The van der Waals surface area contributed by atoms with E-state index in [1.807, 2.05) is 12.1 Å². The fourth-order valence-corrected chi connectivity index (χ4v) is 3.10. The van der Waals surface area contributed by atoms with Crippen LogP contribution in [0.2, 0.25) is 5.02 Å². The summed E-state index contributed by atoms with van der Waals surface area (Å²) in [7, 11) is 2.05. The first-order valence-corrected chi connectivity index (χ1v) is 7.70. The van der Waals surface area contributed by atoms with Gasteiger partial charge in [0.2, 0.25) is 0 Å². The molecule has 0 radical (unpaired) electrons. The molecule has 106 valence electrons. The number of hydrogen-bond acceptors (Lipinski definition) is 2. The van der Waals surface area contributed by atoms with Crippen LogP contribution in [0, 0.1) is 5.92 Å². The number of likely N-dealkylation sites (tertiary alicyclic amines) is 1. The van der Waals surface area contributed by atoms with Crippen LogP contribution in [0.1, 0.15) is 25.3 Å². The van der Waals surface area contributed by atoms with Crippen molar-refractivity contribution >= 4 is 11.6 Å². The highest BCUT2D eigenvalue weighted by atomic mass is 35.5. The molecule has 1 heterocycles. The van der Waals surface area contributed by atoms with Crippen LogP contribution in [0.15, 0.2) is 24.3 Å². The van der Waals surface area contributed by atoms with Crippen LogP contribution in [0.3, 0.4) is 0 Å². The smallest absolute Gasteiger partial charge is 0.0406 e. The molecule has 1 aromatic carbocycles. The first kappa shape index (κ1) is 14.8. The van der Waals surface area contributed by atoms with Crippen LogP contribution >= 0.6 is 11.6 Å². The van der Waals surface area contributed by atoms with Gasteiger partial charge in [0.1, 0.15) is 0 Å². The predicted molar refractivity (Wildman–Crippen MR) is 82.8 cm³/mol. The molecular formula is C16H25ClN2. The Morgan fingerprint density at radius 2 is 1.89 bits per heavy atom. The number of benzene rings is 1. The van der Waals surface area contributed by atoms with Crippen LogP contribution in [-0.2, 0) is 6.42 Å². The normalized spacial score (nSPS) is 19.5. The van der Waals surface area contributed by atoms with E-state index in [4.69, 9.17) is 11.6 Å². The molecule has 0 aromatic heterocycles. The minimum atomic E-state index is 0.622. The second kappa shape index (κ2) is 7.28. The van der Waals surface area contributed by atoms with Crippen molar-refractivity contribution in [2.45, 2.75) is 32.2 Å². The summed E-state index contributed by atoms with van der Waals surface area (Å²) in [5.41, 5.74) is 1.38. The van der Waals surface area contributed by atoms with Gasteiger partial charge in [-0.25, -0.2) is 0 Å². The summed E-state index contributed by atoms with van der Waals surface area (Å²) >= 11 is 5.93. The van der Waals surface area contributed by atoms with E-state index in [0.29, 0.717) is 6.04 Å². The SMILES string of the molecule is CNCC1CCN(C(C)Cc2ccc(Cl)cc2)CC1. The molecule has 1 aliphatic heterocycles. The summed E-state index contributed by atoms with van der Waals surface area (Å²) in [4.78, 5) is 2.63. The third-order valence-electron chi connectivity index (χ3n) is 4.21. The standard InChI is InChI=1S/C16H25ClN2/c1-13(11-14-3-5-16(17)6-4-14)19-9-7-15(8-10-19)12-18-2/h3-6,13,15,18H,7-12H2,1-2H3. The van der Waals surface area contributed by atoms with Gasteiger partial charge in [-0.15, -0.1) is 0 Å². The summed E-state index contributed by atoms with van der Waals surface area (Å²) in [5.74, 6) is 0.865. The molecule has 0 bridgehead atoms. The Morgan fingerprint density at radius 1 is 1.26 bits per heavy atom. The van der Waals surface area contributed by atoms with Crippen molar-refractivity contribution in [1.29, 1.82) is 0 Å². The highest BCUT2D eigenvalue weighted by Gasteiger charge is 2.22. The first-order chi connectivity index (χ1) is 9.19. The quantitative estimate of drug-likeness (QED) is 0.891. The Balaban J connectivity index is 1.81. The fraction of sp³-hybridized carbons (Fsp3) is 0.625. The Morgan fingerprint density at radius 3 is 2.47 bits per heavy atom. The first-order valence-electron chi connectivity index (χ1n) is 7.32. The van der Waals surface area contributed by atoms with Crippen LogP contribution in [0.4, 0.5) is 0 Å². The largest absolute Gasteiger partial charge is 0.319 e. The Hall–Kier alpha value is -0.570. The van der Waals surface area contributed by atoms with Gasteiger partial charge in [-0.05, 0) is 76.5 Å². The summed E-state index contributed by atoms with van der Waals surface area (Å²) in [6.45, 7) is 5.98. The van der Waals surface area contributed by atoms with Crippen molar-refractivity contribution < 1.29 is 0 Å². The fourth-order valence-electron chi connectivity index (χ4n) is 2.98. The van der Waals surface area contributed by atoms with Gasteiger partial charge in [-0.1, -0.05) is 23.7 Å². The molecule has 0 amide bonds. The lowest BCUT2D eigenvalue weighted by molar-refractivity contribution is 0.140. The van der Waals surface area contributed by atoms with E-state index in [1.54, 1.807) is 0 Å². The van der Waals surface area contributed by atoms with E-state index < -0.39 is 0 Å². The molecule has 2 nitrogen and oxygen atoms in total. The number of nitrogens with one attached hydrogen (secondary N) is 1. The number of hydrogen-bond donors (Lipinski definition) is 1. The topological polar surface area (TPSA) is 15.3 Å². The Labute approximate surface area is 122 Å². The zero-order valence-corrected chi connectivity index (χ0v) is 12.8. The summed E-state index contributed by atoms with van der Waals surface area (Å²) in [6.07, 6.45) is 3.77. The van der Waals surface area contributed by atoms with Gasteiger partial charge in [-0.3, -0.25) is 0 Å². The van der Waals surface area contributed by atoms with Gasteiger partial charge in [0.05, 0.1) is 0 Å². The maximum atomic E-state index is 5.93. The summed E-state index contributed by atoms with van der Waals surface area (Å²) in [6, 6.07) is 8.89. The Kier molecular flexibility index (Phi) is 5.68. The molecule has 1 unspecified atom stereocenters. The van der Waals surface area contributed by atoms with Crippen molar-refractivity contribution in [3.8, 4) is 0 Å². The number of piperidine rings is 1. The van der Waals surface area contributed by atoms with Gasteiger partial charge in [0.25, 0.3) is 0 Å². The van der Waals surface area contributed by atoms with Crippen molar-refractivity contribution in [2.24, 2.45) is 5.92 Å². The lowest BCUT2D eigenvalue weighted by Gasteiger charge is -2.36. The molecular weight excluding hydrogens is 256 g/mol. The van der Waals surface area contributed by atoms with Crippen LogP contribution in [0.5, 0.6) is 0 Å². The molecule has 3 heteroatoms. The van der Waals surface area contributed by atoms with Gasteiger partial charge in [0.15, 0.2) is 0 Å². The van der Waals surface area contributed by atoms with E-state index in [9.17, 15) is 0 Å². The predicted octanol–water partition coefficient (Wildman–Crippen LogP) is 3.20. The molecule has 1 fully saturated rings. The van der Waals surface area contributed by atoms with Crippen molar-refractivity contribution in [1.82, 2.24) is 10.2 Å². The average Bonchev–Trinajstić information content (AvgIpc) is 2.42. The molecule has 1 saturated heterocycles. The molecule has 1 N–H and O–H groups in total. The van der Waals surface area contributed by atoms with Crippen molar-refractivity contribution in [2.75, 3.05) is 26.7 Å². The molecule has 0 saturated carbocycles. The van der Waals surface area contributed by atoms with E-state index >= 15 is 0 Å². The lowest BCUT2D eigenvalue weighted by atomic mass is 9.95. The van der Waals surface area contributed by atoms with Gasteiger partial charge < -0.3 is 10.2 Å². The lowest BCUT2D eigenvalue weighted by Crippen LogP contribution is -2.42. The maximum absolute atomic E-state index is 5.93. The maximum Gasteiger partial charge on any atom is 0.0406 e. The molecule has 1 atom stereocenters. The summed E-state index contributed by atoms with van der Waals surface area (Å²) in [5, 5.41) is 4.12. The van der Waals surface area contributed by atoms with E-state index in [0.717, 1.165) is 17.4 Å². The monoisotopic (exact) mass is 280 g/mol. The number of rotatable bonds is 5. The van der Waals surface area contributed by atoms with E-state index in [1.165, 1.54) is 38.0 Å². The number of halogens is 1. The minimum absolute atomic E-state index is 0.622. The Bertz CT molecular complexity index is 369. The molecule has 2 rings (SSSR count). The molecule has 0 spiro atoms. The zero-order valence-electron chi connectivity index (χ0n) is 12.0. The number of nitrogens with zero attached hydrogens (tertiary/aromatic N) is 1. The second-order valence-electron chi connectivity index (χ2n) is 5.72. The minimum Gasteiger partial charge on any atom is -0.319 e. The van der Waals surface area contributed by atoms with Crippen molar-refractivity contribution in [3.63, 3.8) is 0 Å². The molecule has 19 heavy (non-hydrogen) atoms. The van der Waals surface area contributed by atoms with Gasteiger partial charge in [0, 0.05) is 11.1 Å². The van der Waals surface area contributed by atoms with Crippen LogP contribution in [-0.4, -0.2) is 37.6 Å². The molecule has 1 aromatic rings. The van der Waals surface area contributed by atoms with Gasteiger partial charge in [-0.2, -0.15) is 0 Å². The highest BCUT2D eigenvalue weighted by Crippen LogP contribution is 2.20. The molecule has 0 aliphatic carbocycles. The van der Waals surface area contributed by atoms with E-state index in [2.05, 4.69) is 36.3 Å². The zero-order chi connectivity index (χ0) is 13.7. The van der Waals surface area contributed by atoms with Gasteiger partial charge >= 0.3 is 0 Å². The highest BCUT2D eigenvalue weighted by molar-refractivity contribution is 6.30. The van der Waals surface area contributed by atoms with Crippen LogP contribution < -0.4 is 5.32 Å². The average molecular weight is 281 g/mol. The summed E-state index contributed by atoms with van der Waals surface area (Å²) < 4.78 is 0.